The third-order valence-corrected chi connectivity index (χ3v) is 3.11. The highest BCUT2D eigenvalue weighted by Gasteiger charge is 2.29. The summed E-state index contributed by atoms with van der Waals surface area (Å²) in [6, 6.07) is 11.2. The minimum Gasteiger partial charge on any atom is -0.310 e. The zero-order chi connectivity index (χ0) is 13.9. The first-order valence-electron chi connectivity index (χ1n) is 5.85. The second-order valence-corrected chi connectivity index (χ2v) is 4.99. The number of amides is 1. The quantitative estimate of drug-likeness (QED) is 0.876. The van der Waals surface area contributed by atoms with E-state index in [0.717, 1.165) is 5.56 Å². The minimum atomic E-state index is -0.654. The van der Waals surface area contributed by atoms with Crippen LogP contribution in [-0.2, 0) is 10.2 Å². The molecule has 19 heavy (non-hydrogen) atoms. The highest BCUT2D eigenvalue weighted by Crippen LogP contribution is 2.24. The Morgan fingerprint density at radius 3 is 2.53 bits per heavy atom. The number of anilines is 1. The van der Waals surface area contributed by atoms with Crippen LogP contribution in [-0.4, -0.2) is 15.9 Å². The lowest BCUT2D eigenvalue weighted by Crippen LogP contribution is -2.34. The van der Waals surface area contributed by atoms with Gasteiger partial charge in [-0.3, -0.25) is 4.79 Å². The first kappa shape index (κ1) is 13.5. The molecule has 4 nitrogen and oxygen atoms in total. The van der Waals surface area contributed by atoms with E-state index in [2.05, 4.69) is 15.3 Å². The van der Waals surface area contributed by atoms with Gasteiger partial charge in [-0.1, -0.05) is 30.3 Å². The summed E-state index contributed by atoms with van der Waals surface area (Å²) in [5.41, 5.74) is 0.284. The van der Waals surface area contributed by atoms with E-state index in [4.69, 9.17) is 11.6 Å². The molecule has 98 valence electrons. The van der Waals surface area contributed by atoms with Crippen LogP contribution in [0.3, 0.4) is 0 Å². The maximum absolute atomic E-state index is 12.3. The summed E-state index contributed by atoms with van der Waals surface area (Å²) >= 11 is 5.69. The molecule has 1 aromatic heterocycles. The number of nitrogens with one attached hydrogen (secondary N) is 1. The van der Waals surface area contributed by atoms with Crippen molar-refractivity contribution in [3.63, 3.8) is 0 Å². The smallest absolute Gasteiger partial charge is 0.235 e. The summed E-state index contributed by atoms with van der Waals surface area (Å²) in [5.74, 6) is 0.252. The molecule has 0 unspecified atom stereocenters. The molecule has 1 amide bonds. The van der Waals surface area contributed by atoms with Gasteiger partial charge in [0, 0.05) is 6.20 Å². The number of carbonyl (C=O) groups is 1. The molecule has 0 aliphatic rings. The molecule has 0 radical (unpaired) electrons. The Morgan fingerprint density at radius 2 is 1.89 bits per heavy atom. The van der Waals surface area contributed by atoms with Gasteiger partial charge >= 0.3 is 0 Å². The Bertz CT molecular complexity index is 584. The molecule has 1 aromatic carbocycles. The number of aromatic nitrogens is 2. The van der Waals surface area contributed by atoms with Gasteiger partial charge in [0.2, 0.25) is 11.2 Å². The van der Waals surface area contributed by atoms with Crippen LogP contribution < -0.4 is 5.32 Å². The predicted molar refractivity (Wildman–Crippen MR) is 75.1 cm³/mol. The molecule has 0 aliphatic carbocycles. The van der Waals surface area contributed by atoms with Gasteiger partial charge in [0.05, 0.1) is 5.41 Å². The Hall–Kier alpha value is -1.94. The van der Waals surface area contributed by atoms with Gasteiger partial charge in [0.15, 0.2) is 0 Å². The van der Waals surface area contributed by atoms with Crippen LogP contribution in [0.25, 0.3) is 0 Å². The minimum absolute atomic E-state index is 0.107. The second-order valence-electron chi connectivity index (χ2n) is 4.66. The van der Waals surface area contributed by atoms with Gasteiger partial charge in [-0.05, 0) is 37.1 Å². The molecular weight excluding hydrogens is 262 g/mol. The standard InChI is InChI=1S/C14H14ClN3O/c1-14(2,10-6-4-3-5-7-10)12(19)17-11-8-9-16-13(15)18-11/h3-9H,1-2H3,(H,16,17,18,19). The Morgan fingerprint density at radius 1 is 1.21 bits per heavy atom. The van der Waals surface area contributed by atoms with Crippen molar-refractivity contribution in [1.82, 2.24) is 9.97 Å². The fourth-order valence-corrected chi connectivity index (χ4v) is 1.81. The van der Waals surface area contributed by atoms with Crippen molar-refractivity contribution in [2.75, 3.05) is 5.32 Å². The Balaban J connectivity index is 2.20. The summed E-state index contributed by atoms with van der Waals surface area (Å²) in [5, 5.41) is 2.85. The fraction of sp³-hybridized carbons (Fsp3) is 0.214. The maximum atomic E-state index is 12.3. The molecule has 0 saturated carbocycles. The predicted octanol–water partition coefficient (Wildman–Crippen LogP) is 3.05. The van der Waals surface area contributed by atoms with Gasteiger partial charge < -0.3 is 5.32 Å². The molecule has 0 atom stereocenters. The van der Waals surface area contributed by atoms with Crippen LogP contribution in [0.1, 0.15) is 19.4 Å². The summed E-state index contributed by atoms with van der Waals surface area (Å²) < 4.78 is 0. The summed E-state index contributed by atoms with van der Waals surface area (Å²) in [6.45, 7) is 3.72. The number of halogens is 1. The molecule has 1 N–H and O–H groups in total. The SMILES string of the molecule is CC(C)(C(=O)Nc1ccnc(Cl)n1)c1ccccc1. The van der Waals surface area contributed by atoms with Crippen LogP contribution in [0.4, 0.5) is 5.82 Å². The molecule has 0 aliphatic heterocycles. The third-order valence-electron chi connectivity index (χ3n) is 2.93. The van der Waals surface area contributed by atoms with Crippen LogP contribution in [0.5, 0.6) is 0 Å². The highest BCUT2D eigenvalue weighted by molar-refractivity contribution is 6.28. The fourth-order valence-electron chi connectivity index (χ4n) is 1.66. The summed E-state index contributed by atoms with van der Waals surface area (Å²) in [4.78, 5) is 20.0. The van der Waals surface area contributed by atoms with Crippen molar-refractivity contribution in [2.45, 2.75) is 19.3 Å². The normalized spacial score (nSPS) is 11.1. The molecule has 2 aromatic rings. The van der Waals surface area contributed by atoms with Crippen molar-refractivity contribution < 1.29 is 4.79 Å². The molecule has 0 fully saturated rings. The van der Waals surface area contributed by atoms with E-state index in [1.54, 1.807) is 6.07 Å². The molecule has 0 bridgehead atoms. The van der Waals surface area contributed by atoms with Gasteiger partial charge in [0.25, 0.3) is 0 Å². The zero-order valence-corrected chi connectivity index (χ0v) is 11.5. The number of benzene rings is 1. The van der Waals surface area contributed by atoms with Crippen molar-refractivity contribution in [3.8, 4) is 0 Å². The summed E-state index contributed by atoms with van der Waals surface area (Å²) in [7, 11) is 0. The van der Waals surface area contributed by atoms with Gasteiger partial charge in [0.1, 0.15) is 5.82 Å². The van der Waals surface area contributed by atoms with Gasteiger partial charge in [-0.15, -0.1) is 0 Å². The number of nitrogens with zero attached hydrogens (tertiary/aromatic N) is 2. The average Bonchev–Trinajstić information content (AvgIpc) is 2.39. The average molecular weight is 276 g/mol. The van der Waals surface area contributed by atoms with Crippen LogP contribution in [0, 0.1) is 0 Å². The van der Waals surface area contributed by atoms with E-state index < -0.39 is 5.41 Å². The molecule has 2 rings (SSSR count). The zero-order valence-electron chi connectivity index (χ0n) is 10.7. The van der Waals surface area contributed by atoms with Gasteiger partial charge in [-0.2, -0.15) is 0 Å². The number of hydrogen-bond donors (Lipinski definition) is 1. The number of carbonyl (C=O) groups excluding carboxylic acids is 1. The molecule has 0 saturated heterocycles. The lowest BCUT2D eigenvalue weighted by atomic mass is 9.84. The topological polar surface area (TPSA) is 54.9 Å². The Kier molecular flexibility index (Phi) is 3.81. The van der Waals surface area contributed by atoms with Gasteiger partial charge in [-0.25, -0.2) is 9.97 Å². The third kappa shape index (κ3) is 3.09. The Labute approximate surface area is 116 Å². The van der Waals surface area contributed by atoms with Crippen LogP contribution >= 0.6 is 11.6 Å². The first-order chi connectivity index (χ1) is 9.00. The van der Waals surface area contributed by atoms with E-state index in [9.17, 15) is 4.79 Å². The molecule has 1 heterocycles. The summed E-state index contributed by atoms with van der Waals surface area (Å²) in [6.07, 6.45) is 1.50. The number of rotatable bonds is 3. The largest absolute Gasteiger partial charge is 0.310 e. The van der Waals surface area contributed by atoms with E-state index in [-0.39, 0.29) is 11.2 Å². The van der Waals surface area contributed by atoms with Crippen molar-refractivity contribution in [3.05, 3.63) is 53.4 Å². The number of hydrogen-bond acceptors (Lipinski definition) is 3. The lowest BCUT2D eigenvalue weighted by Gasteiger charge is -2.23. The van der Waals surface area contributed by atoms with Crippen molar-refractivity contribution in [2.24, 2.45) is 0 Å². The maximum Gasteiger partial charge on any atom is 0.235 e. The van der Waals surface area contributed by atoms with Crippen LogP contribution in [0.2, 0.25) is 5.28 Å². The van der Waals surface area contributed by atoms with E-state index in [1.807, 2.05) is 44.2 Å². The second kappa shape index (κ2) is 5.36. The molecule has 0 spiro atoms. The van der Waals surface area contributed by atoms with E-state index >= 15 is 0 Å². The van der Waals surface area contributed by atoms with Crippen LogP contribution in [0.15, 0.2) is 42.6 Å². The molecule has 5 heteroatoms. The monoisotopic (exact) mass is 275 g/mol. The lowest BCUT2D eigenvalue weighted by molar-refractivity contribution is -0.120. The highest BCUT2D eigenvalue weighted by atomic mass is 35.5. The first-order valence-corrected chi connectivity index (χ1v) is 6.23. The van der Waals surface area contributed by atoms with Crippen molar-refractivity contribution in [1.29, 1.82) is 0 Å². The van der Waals surface area contributed by atoms with E-state index in [0.29, 0.717) is 5.82 Å². The molecular formula is C14H14ClN3O. The van der Waals surface area contributed by atoms with E-state index in [1.165, 1.54) is 6.20 Å². The van der Waals surface area contributed by atoms with Crippen molar-refractivity contribution >= 4 is 23.3 Å².